The van der Waals surface area contributed by atoms with Gasteiger partial charge in [-0.2, -0.15) is 0 Å². The molecule has 2 N–H and O–H groups in total. The highest BCUT2D eigenvalue weighted by Crippen LogP contribution is 2.10. The second-order valence-corrected chi connectivity index (χ2v) is 2.76. The van der Waals surface area contributed by atoms with Crippen molar-refractivity contribution in [3.8, 4) is 0 Å². The summed E-state index contributed by atoms with van der Waals surface area (Å²) in [5, 5.41) is 0.807. The summed E-state index contributed by atoms with van der Waals surface area (Å²) in [6.45, 7) is 0. The zero-order chi connectivity index (χ0) is 8.27. The molecule has 1 rings (SSSR count). The van der Waals surface area contributed by atoms with E-state index in [1.807, 2.05) is 12.3 Å². The lowest BCUT2D eigenvalue weighted by Crippen LogP contribution is -2.12. The molecule has 0 fully saturated rings. The Hall–Kier alpha value is -1.03. The highest BCUT2D eigenvalue weighted by Gasteiger charge is 2.00. The first-order valence-electron chi connectivity index (χ1n) is 3.05. The van der Waals surface area contributed by atoms with E-state index in [2.05, 4.69) is 4.98 Å². The number of nitrogens with zero attached hydrogens (tertiary/aromatic N) is 1. The minimum atomic E-state index is -0.485. The Morgan fingerprint density at radius 2 is 2.36 bits per heavy atom. The first-order chi connectivity index (χ1) is 5.24. The smallest absolute Gasteiger partial charge is 0.267 e. The van der Waals surface area contributed by atoms with Gasteiger partial charge in [0.15, 0.2) is 0 Å². The van der Waals surface area contributed by atoms with Crippen LogP contribution < -0.4 is 5.73 Å². The molecule has 0 aliphatic carbocycles. The molecule has 58 valence electrons. The third-order valence-electron chi connectivity index (χ3n) is 1.19. The Balaban J connectivity index is 3.01. The van der Waals surface area contributed by atoms with Gasteiger partial charge in [0.05, 0.1) is 5.03 Å². The fourth-order valence-electron chi connectivity index (χ4n) is 0.666. The number of carbonyl (C=O) groups excluding carboxylic acids is 1. The van der Waals surface area contributed by atoms with Gasteiger partial charge in [-0.05, 0) is 18.4 Å². The molecule has 0 saturated carbocycles. The lowest BCUT2D eigenvalue weighted by molar-refractivity contribution is 0.0995. The quantitative estimate of drug-likeness (QED) is 0.667. The first-order valence-corrected chi connectivity index (χ1v) is 4.27. The van der Waals surface area contributed by atoms with Crippen LogP contribution in [0.15, 0.2) is 23.2 Å². The van der Waals surface area contributed by atoms with Crippen LogP contribution in [-0.2, 0) is 0 Å². The van der Waals surface area contributed by atoms with E-state index in [1.54, 1.807) is 12.1 Å². The van der Waals surface area contributed by atoms with Crippen LogP contribution in [0.2, 0.25) is 0 Å². The van der Waals surface area contributed by atoms with E-state index in [9.17, 15) is 4.79 Å². The van der Waals surface area contributed by atoms with Gasteiger partial charge in [0.1, 0.15) is 5.69 Å². The number of primary amides is 1. The number of carbonyl (C=O) groups is 1. The maximum Gasteiger partial charge on any atom is 0.267 e. The van der Waals surface area contributed by atoms with Crippen LogP contribution in [0.4, 0.5) is 0 Å². The van der Waals surface area contributed by atoms with Crippen LogP contribution in [0.1, 0.15) is 10.5 Å². The summed E-state index contributed by atoms with van der Waals surface area (Å²) in [5.41, 5.74) is 5.34. The van der Waals surface area contributed by atoms with Crippen molar-refractivity contribution in [3.63, 3.8) is 0 Å². The van der Waals surface area contributed by atoms with Gasteiger partial charge >= 0.3 is 0 Å². The van der Waals surface area contributed by atoms with Crippen LogP contribution in [-0.4, -0.2) is 17.1 Å². The molecule has 1 amide bonds. The van der Waals surface area contributed by atoms with Crippen molar-refractivity contribution in [1.82, 2.24) is 4.98 Å². The fourth-order valence-corrected chi connectivity index (χ4v) is 1.07. The predicted molar refractivity (Wildman–Crippen MR) is 44.5 cm³/mol. The van der Waals surface area contributed by atoms with Crippen LogP contribution in [0, 0.1) is 0 Å². The van der Waals surface area contributed by atoms with Crippen molar-refractivity contribution in [2.45, 2.75) is 5.03 Å². The van der Waals surface area contributed by atoms with Gasteiger partial charge in [-0.1, -0.05) is 6.07 Å². The summed E-state index contributed by atoms with van der Waals surface area (Å²) in [4.78, 5) is 14.6. The molecule has 11 heavy (non-hydrogen) atoms. The molecule has 0 saturated heterocycles. The number of thioether (sulfide) groups is 1. The van der Waals surface area contributed by atoms with E-state index in [-0.39, 0.29) is 0 Å². The summed E-state index contributed by atoms with van der Waals surface area (Å²) in [6, 6.07) is 5.19. The number of aromatic nitrogens is 1. The van der Waals surface area contributed by atoms with Crippen LogP contribution in [0.3, 0.4) is 0 Å². The molecular formula is C7H8N2OS. The maximum atomic E-state index is 10.6. The van der Waals surface area contributed by atoms with E-state index < -0.39 is 5.91 Å². The highest BCUT2D eigenvalue weighted by atomic mass is 32.2. The monoisotopic (exact) mass is 168 g/mol. The Kier molecular flexibility index (Phi) is 2.48. The molecule has 0 radical (unpaired) electrons. The molecule has 1 aromatic rings. The summed E-state index contributed by atoms with van der Waals surface area (Å²) in [7, 11) is 0. The molecule has 1 aromatic heterocycles. The molecule has 0 unspecified atom stereocenters. The van der Waals surface area contributed by atoms with Crippen molar-refractivity contribution in [2.24, 2.45) is 5.73 Å². The Bertz CT molecular complexity index is 275. The average molecular weight is 168 g/mol. The van der Waals surface area contributed by atoms with Gasteiger partial charge in [-0.15, -0.1) is 11.8 Å². The lowest BCUT2D eigenvalue weighted by atomic mass is 10.3. The van der Waals surface area contributed by atoms with Gasteiger partial charge in [-0.3, -0.25) is 4.79 Å². The zero-order valence-corrected chi connectivity index (χ0v) is 6.89. The van der Waals surface area contributed by atoms with Crippen molar-refractivity contribution < 1.29 is 4.79 Å². The van der Waals surface area contributed by atoms with Crippen LogP contribution in [0.5, 0.6) is 0 Å². The van der Waals surface area contributed by atoms with E-state index in [0.29, 0.717) is 5.69 Å². The number of hydrogen-bond donors (Lipinski definition) is 1. The SMILES string of the molecule is CSc1cccc(C(N)=O)n1. The van der Waals surface area contributed by atoms with Crippen molar-refractivity contribution in [3.05, 3.63) is 23.9 Å². The van der Waals surface area contributed by atoms with Crippen LogP contribution >= 0.6 is 11.8 Å². The van der Waals surface area contributed by atoms with E-state index >= 15 is 0 Å². The molecular weight excluding hydrogens is 160 g/mol. The number of pyridine rings is 1. The number of rotatable bonds is 2. The van der Waals surface area contributed by atoms with Gasteiger partial charge in [0.2, 0.25) is 0 Å². The molecule has 1 heterocycles. The third kappa shape index (κ3) is 1.94. The van der Waals surface area contributed by atoms with E-state index in [4.69, 9.17) is 5.73 Å². The first kappa shape index (κ1) is 8.07. The predicted octanol–water partition coefficient (Wildman–Crippen LogP) is 0.902. The molecule has 0 spiro atoms. The van der Waals surface area contributed by atoms with Crippen LogP contribution in [0.25, 0.3) is 0 Å². The van der Waals surface area contributed by atoms with E-state index in [0.717, 1.165) is 5.03 Å². The Morgan fingerprint density at radius 1 is 1.64 bits per heavy atom. The minimum Gasteiger partial charge on any atom is -0.364 e. The van der Waals surface area contributed by atoms with Gasteiger partial charge in [0, 0.05) is 0 Å². The maximum absolute atomic E-state index is 10.6. The second kappa shape index (κ2) is 3.39. The summed E-state index contributed by atoms with van der Waals surface area (Å²) in [5.74, 6) is -0.485. The molecule has 0 aliphatic rings. The molecule has 3 nitrogen and oxygen atoms in total. The lowest BCUT2D eigenvalue weighted by Gasteiger charge is -1.96. The fraction of sp³-hybridized carbons (Fsp3) is 0.143. The second-order valence-electron chi connectivity index (χ2n) is 1.93. The number of amides is 1. The van der Waals surface area contributed by atoms with Crippen molar-refractivity contribution in [2.75, 3.05) is 6.26 Å². The zero-order valence-electron chi connectivity index (χ0n) is 6.07. The number of nitrogens with two attached hydrogens (primary N) is 1. The molecule has 0 aromatic carbocycles. The third-order valence-corrected chi connectivity index (χ3v) is 1.83. The molecule has 4 heteroatoms. The van der Waals surface area contributed by atoms with E-state index in [1.165, 1.54) is 11.8 Å². The van der Waals surface area contributed by atoms with Gasteiger partial charge < -0.3 is 5.73 Å². The molecule has 0 atom stereocenters. The van der Waals surface area contributed by atoms with Crippen molar-refractivity contribution in [1.29, 1.82) is 0 Å². The summed E-state index contributed by atoms with van der Waals surface area (Å²) >= 11 is 1.48. The average Bonchev–Trinajstić information content (AvgIpc) is 2.05. The number of hydrogen-bond acceptors (Lipinski definition) is 3. The topological polar surface area (TPSA) is 56.0 Å². The summed E-state index contributed by atoms with van der Waals surface area (Å²) < 4.78 is 0. The normalized spacial score (nSPS) is 9.55. The highest BCUT2D eigenvalue weighted by molar-refractivity contribution is 7.98. The largest absolute Gasteiger partial charge is 0.364 e. The summed E-state index contributed by atoms with van der Waals surface area (Å²) in [6.07, 6.45) is 1.90. The Labute approximate surface area is 69.0 Å². The van der Waals surface area contributed by atoms with Gasteiger partial charge in [-0.25, -0.2) is 4.98 Å². The van der Waals surface area contributed by atoms with Crippen molar-refractivity contribution >= 4 is 17.7 Å². The Morgan fingerprint density at radius 3 is 2.91 bits per heavy atom. The molecule has 0 bridgehead atoms. The molecule has 0 aliphatic heterocycles. The van der Waals surface area contributed by atoms with Gasteiger partial charge in [0.25, 0.3) is 5.91 Å². The standard InChI is InChI=1S/C7H8N2OS/c1-11-6-4-2-3-5(9-6)7(8)10/h2-4H,1H3,(H2,8,10). The minimum absolute atomic E-state index is 0.317.